The molecule has 5 nitrogen and oxygen atoms in total. The number of rotatable bonds is 4. The number of hydrogen-bond acceptors (Lipinski definition) is 3. The summed E-state index contributed by atoms with van der Waals surface area (Å²) in [7, 11) is 0. The number of carbonyl (C=O) groups excluding carboxylic acids is 2. The van der Waals surface area contributed by atoms with Crippen LogP contribution in [0.25, 0.3) is 0 Å². The van der Waals surface area contributed by atoms with Gasteiger partial charge in [0.05, 0.1) is 12.6 Å². The average molecular weight is 359 g/mol. The number of nitrogens with one attached hydrogen (secondary N) is 2. The van der Waals surface area contributed by atoms with Crippen molar-refractivity contribution in [3.05, 3.63) is 34.9 Å². The number of alkyl halides is 2. The van der Waals surface area contributed by atoms with Gasteiger partial charge < -0.3 is 15.4 Å². The largest absolute Gasteiger partial charge is 0.434 e. The lowest BCUT2D eigenvalue weighted by molar-refractivity contribution is -0.129. The van der Waals surface area contributed by atoms with Crippen LogP contribution in [0.3, 0.4) is 0 Å². The van der Waals surface area contributed by atoms with Gasteiger partial charge in [0.15, 0.2) is 6.10 Å². The third kappa shape index (κ3) is 3.77. The fourth-order valence-electron chi connectivity index (χ4n) is 3.19. The first-order valence-corrected chi connectivity index (χ1v) is 8.10. The van der Waals surface area contributed by atoms with Gasteiger partial charge in [-0.05, 0) is 30.0 Å². The molecule has 1 aliphatic carbocycles. The Balaban J connectivity index is 1.78. The van der Waals surface area contributed by atoms with Crippen molar-refractivity contribution < 1.29 is 23.1 Å². The zero-order chi connectivity index (χ0) is 17.3. The van der Waals surface area contributed by atoms with Crippen molar-refractivity contribution in [3.8, 4) is 0 Å². The van der Waals surface area contributed by atoms with Crippen molar-refractivity contribution in [2.75, 3.05) is 6.54 Å². The molecule has 1 saturated heterocycles. The van der Waals surface area contributed by atoms with Gasteiger partial charge >= 0.3 is 6.09 Å². The zero-order valence-corrected chi connectivity index (χ0v) is 13.5. The van der Waals surface area contributed by atoms with Crippen LogP contribution in [-0.4, -0.2) is 30.6 Å². The van der Waals surface area contributed by atoms with Crippen LogP contribution in [0.1, 0.15) is 30.9 Å². The summed E-state index contributed by atoms with van der Waals surface area (Å²) < 4.78 is 32.1. The van der Waals surface area contributed by atoms with Crippen molar-refractivity contribution >= 4 is 23.6 Å². The summed E-state index contributed by atoms with van der Waals surface area (Å²) in [5, 5.41) is 5.68. The summed E-state index contributed by atoms with van der Waals surface area (Å²) in [6.45, 7) is 0.0683. The van der Waals surface area contributed by atoms with Gasteiger partial charge in [-0.15, -0.1) is 0 Å². The molecule has 3 atom stereocenters. The monoisotopic (exact) mass is 358 g/mol. The maximum Gasteiger partial charge on any atom is 0.408 e. The molecule has 1 unspecified atom stereocenters. The molecule has 2 fully saturated rings. The van der Waals surface area contributed by atoms with E-state index in [0.717, 1.165) is 0 Å². The predicted octanol–water partition coefficient (Wildman–Crippen LogP) is 3.04. The SMILES string of the molecule is O=C1NC[C@@H](C(=O)NC(c2ccc(Cl)cc2)[C@@H]2CCC(F)(F)C2)O1. The number of ether oxygens (including phenoxy) is 1. The highest BCUT2D eigenvalue weighted by Crippen LogP contribution is 2.44. The van der Waals surface area contributed by atoms with Crippen molar-refractivity contribution in [3.63, 3.8) is 0 Å². The molecule has 2 amide bonds. The van der Waals surface area contributed by atoms with E-state index in [1.165, 1.54) is 0 Å². The van der Waals surface area contributed by atoms with Crippen LogP contribution in [0.5, 0.6) is 0 Å². The van der Waals surface area contributed by atoms with E-state index in [2.05, 4.69) is 10.6 Å². The van der Waals surface area contributed by atoms with E-state index in [9.17, 15) is 18.4 Å². The number of cyclic esters (lactones) is 1. The summed E-state index contributed by atoms with van der Waals surface area (Å²) in [5.74, 6) is -3.61. The van der Waals surface area contributed by atoms with Crippen LogP contribution in [0.4, 0.5) is 13.6 Å². The summed E-state index contributed by atoms with van der Waals surface area (Å²) in [5.41, 5.74) is 0.702. The Bertz CT molecular complexity index is 639. The molecule has 3 rings (SSSR count). The fraction of sp³-hybridized carbons (Fsp3) is 0.500. The lowest BCUT2D eigenvalue weighted by atomic mass is 9.91. The summed E-state index contributed by atoms with van der Waals surface area (Å²) >= 11 is 5.87. The molecule has 1 aliphatic heterocycles. The van der Waals surface area contributed by atoms with Gasteiger partial charge in [0.1, 0.15) is 0 Å². The van der Waals surface area contributed by atoms with Gasteiger partial charge in [-0.2, -0.15) is 0 Å². The van der Waals surface area contributed by atoms with Gasteiger partial charge in [-0.25, -0.2) is 13.6 Å². The van der Waals surface area contributed by atoms with Crippen LogP contribution in [0.15, 0.2) is 24.3 Å². The predicted molar refractivity (Wildman–Crippen MR) is 82.9 cm³/mol. The number of halogens is 3. The Kier molecular flexibility index (Phi) is 4.62. The minimum absolute atomic E-state index is 0.0683. The minimum atomic E-state index is -2.72. The van der Waals surface area contributed by atoms with Gasteiger partial charge in [0.25, 0.3) is 5.91 Å². The van der Waals surface area contributed by atoms with Crippen molar-refractivity contribution in [2.45, 2.75) is 37.3 Å². The quantitative estimate of drug-likeness (QED) is 0.869. The van der Waals surface area contributed by atoms with Crippen LogP contribution < -0.4 is 10.6 Å². The maximum atomic E-state index is 13.6. The standard InChI is InChI=1S/C16H17ClF2N2O3/c17-11-3-1-9(2-4-11)13(10-5-6-16(18,19)7-10)21-14(22)12-8-20-15(23)24-12/h1-4,10,12-13H,5-8H2,(H,20,23)(H,21,22)/t10-,12+,13?/m1/s1. The Morgan fingerprint density at radius 2 is 2.08 bits per heavy atom. The molecule has 130 valence electrons. The van der Waals surface area contributed by atoms with Crippen LogP contribution >= 0.6 is 11.6 Å². The molecule has 2 N–H and O–H groups in total. The highest BCUT2D eigenvalue weighted by molar-refractivity contribution is 6.30. The third-order valence-corrected chi connectivity index (χ3v) is 4.67. The van der Waals surface area contributed by atoms with Gasteiger partial charge in [-0.1, -0.05) is 23.7 Å². The van der Waals surface area contributed by atoms with Crippen LogP contribution in [-0.2, 0) is 9.53 Å². The fourth-order valence-corrected chi connectivity index (χ4v) is 3.32. The molecule has 0 bridgehead atoms. The van der Waals surface area contributed by atoms with Crippen molar-refractivity contribution in [1.82, 2.24) is 10.6 Å². The first-order chi connectivity index (χ1) is 11.3. The van der Waals surface area contributed by atoms with Gasteiger partial charge in [0, 0.05) is 17.9 Å². The van der Waals surface area contributed by atoms with E-state index >= 15 is 0 Å². The highest BCUT2D eigenvalue weighted by atomic mass is 35.5. The molecule has 24 heavy (non-hydrogen) atoms. The van der Waals surface area contributed by atoms with E-state index < -0.39 is 36.0 Å². The Morgan fingerprint density at radius 1 is 1.38 bits per heavy atom. The minimum Gasteiger partial charge on any atom is -0.434 e. The third-order valence-electron chi connectivity index (χ3n) is 4.41. The smallest absolute Gasteiger partial charge is 0.408 e. The topological polar surface area (TPSA) is 67.4 Å². The number of amides is 2. The van der Waals surface area contributed by atoms with E-state index in [-0.39, 0.29) is 19.4 Å². The van der Waals surface area contributed by atoms with Gasteiger partial charge in [-0.3, -0.25) is 4.79 Å². The second kappa shape index (κ2) is 6.55. The Hall–Kier alpha value is -1.89. The van der Waals surface area contributed by atoms with E-state index in [1.54, 1.807) is 24.3 Å². The van der Waals surface area contributed by atoms with Crippen LogP contribution in [0, 0.1) is 5.92 Å². The average Bonchev–Trinajstić information content (AvgIpc) is 3.11. The summed E-state index contributed by atoms with van der Waals surface area (Å²) in [6, 6.07) is 6.15. The second-order valence-electron chi connectivity index (χ2n) is 6.17. The first kappa shape index (κ1) is 17.0. The van der Waals surface area contributed by atoms with E-state index in [1.807, 2.05) is 0 Å². The molecule has 1 heterocycles. The first-order valence-electron chi connectivity index (χ1n) is 7.72. The Morgan fingerprint density at radius 3 is 2.62 bits per heavy atom. The lowest BCUT2D eigenvalue weighted by Gasteiger charge is -2.26. The number of carbonyl (C=O) groups is 2. The Labute approximate surface area is 142 Å². The molecule has 8 heteroatoms. The molecule has 0 aromatic heterocycles. The van der Waals surface area contributed by atoms with E-state index in [0.29, 0.717) is 17.0 Å². The molecule has 2 aliphatic rings. The van der Waals surface area contributed by atoms with Crippen molar-refractivity contribution in [1.29, 1.82) is 0 Å². The molecular formula is C16H17ClF2N2O3. The molecular weight excluding hydrogens is 342 g/mol. The van der Waals surface area contributed by atoms with Crippen molar-refractivity contribution in [2.24, 2.45) is 5.92 Å². The normalized spacial score (nSPS) is 26.5. The number of alkyl carbamates (subject to hydrolysis) is 1. The number of hydrogen-bond donors (Lipinski definition) is 2. The summed E-state index contributed by atoms with van der Waals surface area (Å²) in [4.78, 5) is 23.4. The second-order valence-corrected chi connectivity index (χ2v) is 6.61. The molecule has 0 radical (unpaired) electrons. The lowest BCUT2D eigenvalue weighted by Crippen LogP contribution is -2.41. The highest BCUT2D eigenvalue weighted by Gasteiger charge is 2.44. The number of benzene rings is 1. The maximum absolute atomic E-state index is 13.6. The zero-order valence-electron chi connectivity index (χ0n) is 12.7. The molecule has 0 spiro atoms. The molecule has 1 aromatic carbocycles. The van der Waals surface area contributed by atoms with Gasteiger partial charge in [0.2, 0.25) is 5.92 Å². The molecule has 1 saturated carbocycles. The molecule has 1 aromatic rings. The van der Waals surface area contributed by atoms with E-state index in [4.69, 9.17) is 16.3 Å². The van der Waals surface area contributed by atoms with Crippen LogP contribution in [0.2, 0.25) is 5.02 Å². The summed E-state index contributed by atoms with van der Waals surface area (Å²) in [6.07, 6.45) is -1.79.